The molecule has 0 aromatic heterocycles. The molecule has 2 amide bonds. The summed E-state index contributed by atoms with van der Waals surface area (Å²) in [5.41, 5.74) is 3.26. The Morgan fingerprint density at radius 1 is 1.00 bits per heavy atom. The number of hydrogen-bond donors (Lipinski definition) is 0. The molecular weight excluding hydrogens is 312 g/mol. The van der Waals surface area contributed by atoms with Crippen LogP contribution in [0.4, 0.5) is 5.69 Å². The summed E-state index contributed by atoms with van der Waals surface area (Å²) in [6.07, 6.45) is 2.15. The summed E-state index contributed by atoms with van der Waals surface area (Å²) in [6.45, 7) is 6.23. The van der Waals surface area contributed by atoms with Gasteiger partial charge in [0.05, 0.1) is 0 Å². The molecule has 0 radical (unpaired) electrons. The van der Waals surface area contributed by atoms with E-state index in [1.165, 1.54) is 0 Å². The van der Waals surface area contributed by atoms with Crippen molar-refractivity contribution in [2.45, 2.75) is 26.7 Å². The highest BCUT2D eigenvalue weighted by atomic mass is 16.2. The Morgan fingerprint density at radius 2 is 1.64 bits per heavy atom. The Bertz CT molecular complexity index is 762. The van der Waals surface area contributed by atoms with Gasteiger partial charge in [-0.15, -0.1) is 0 Å². The molecule has 1 aliphatic heterocycles. The number of nitrogens with zero attached hydrogens (tertiary/aromatic N) is 2. The highest BCUT2D eigenvalue weighted by molar-refractivity contribution is 6.06. The molecular formula is C21H24N2O2. The van der Waals surface area contributed by atoms with Crippen LogP contribution in [-0.4, -0.2) is 36.3 Å². The Kier molecular flexibility index (Phi) is 5.17. The van der Waals surface area contributed by atoms with E-state index in [1.807, 2.05) is 43.0 Å². The fourth-order valence-corrected chi connectivity index (χ4v) is 3.25. The minimum Gasteiger partial charge on any atom is -0.339 e. The second-order valence-electron chi connectivity index (χ2n) is 6.47. The van der Waals surface area contributed by atoms with Gasteiger partial charge < -0.3 is 9.80 Å². The molecule has 1 heterocycles. The van der Waals surface area contributed by atoms with Crippen LogP contribution >= 0.6 is 0 Å². The summed E-state index contributed by atoms with van der Waals surface area (Å²) in [6, 6.07) is 15.0. The van der Waals surface area contributed by atoms with Crippen molar-refractivity contribution in [3.8, 4) is 0 Å². The van der Waals surface area contributed by atoms with Gasteiger partial charge in [0.1, 0.15) is 0 Å². The summed E-state index contributed by atoms with van der Waals surface area (Å²) in [5.74, 6) is 0.0100. The second kappa shape index (κ2) is 7.51. The summed E-state index contributed by atoms with van der Waals surface area (Å²) in [7, 11) is 0. The third-order valence-electron chi connectivity index (χ3n) is 4.65. The van der Waals surface area contributed by atoms with E-state index < -0.39 is 0 Å². The number of likely N-dealkylation sites (tertiary alicyclic amines) is 1. The van der Waals surface area contributed by atoms with E-state index in [-0.39, 0.29) is 11.8 Å². The van der Waals surface area contributed by atoms with Gasteiger partial charge in [-0.2, -0.15) is 0 Å². The molecule has 0 saturated carbocycles. The molecule has 0 N–H and O–H groups in total. The van der Waals surface area contributed by atoms with Crippen LogP contribution in [0.3, 0.4) is 0 Å². The van der Waals surface area contributed by atoms with E-state index >= 15 is 0 Å². The van der Waals surface area contributed by atoms with Crippen molar-refractivity contribution in [3.05, 3.63) is 65.2 Å². The van der Waals surface area contributed by atoms with Crippen molar-refractivity contribution < 1.29 is 9.59 Å². The molecule has 1 aliphatic rings. The van der Waals surface area contributed by atoms with E-state index in [0.29, 0.717) is 17.7 Å². The van der Waals surface area contributed by atoms with Gasteiger partial charge in [-0.05, 0) is 68.7 Å². The first kappa shape index (κ1) is 17.2. The predicted molar refractivity (Wildman–Crippen MR) is 100 cm³/mol. The molecule has 0 atom stereocenters. The molecule has 0 bridgehead atoms. The molecule has 1 fully saturated rings. The van der Waals surface area contributed by atoms with Gasteiger partial charge in [-0.1, -0.05) is 12.1 Å². The van der Waals surface area contributed by atoms with Crippen LogP contribution in [0.5, 0.6) is 0 Å². The zero-order valence-electron chi connectivity index (χ0n) is 14.9. The van der Waals surface area contributed by atoms with Gasteiger partial charge in [-0.25, -0.2) is 0 Å². The Labute approximate surface area is 149 Å². The average Bonchev–Trinajstić information content (AvgIpc) is 3.16. The van der Waals surface area contributed by atoms with Crippen LogP contribution in [0.2, 0.25) is 0 Å². The first-order valence-electron chi connectivity index (χ1n) is 8.88. The monoisotopic (exact) mass is 336 g/mol. The third kappa shape index (κ3) is 3.73. The standard InChI is InChI=1S/C21H24N2O2/c1-3-23(19-8-6-7-16(2)15-19)21(25)18-11-9-17(10-12-18)20(24)22-13-4-5-14-22/h6-12,15H,3-5,13-14H2,1-2H3. The maximum absolute atomic E-state index is 12.9. The highest BCUT2D eigenvalue weighted by Gasteiger charge is 2.21. The number of rotatable bonds is 4. The lowest BCUT2D eigenvalue weighted by Crippen LogP contribution is -2.31. The maximum Gasteiger partial charge on any atom is 0.258 e. The molecule has 130 valence electrons. The van der Waals surface area contributed by atoms with Crippen molar-refractivity contribution in [3.63, 3.8) is 0 Å². The molecule has 0 spiro atoms. The fraction of sp³-hybridized carbons (Fsp3) is 0.333. The molecule has 3 rings (SSSR count). The zero-order valence-corrected chi connectivity index (χ0v) is 14.9. The number of hydrogen-bond acceptors (Lipinski definition) is 2. The third-order valence-corrected chi connectivity index (χ3v) is 4.65. The van der Waals surface area contributed by atoms with E-state index in [4.69, 9.17) is 0 Å². The lowest BCUT2D eigenvalue weighted by atomic mass is 10.1. The van der Waals surface area contributed by atoms with E-state index in [9.17, 15) is 9.59 Å². The molecule has 2 aromatic carbocycles. The Balaban J connectivity index is 1.78. The number of anilines is 1. The zero-order chi connectivity index (χ0) is 17.8. The first-order valence-corrected chi connectivity index (χ1v) is 8.88. The van der Waals surface area contributed by atoms with Crippen molar-refractivity contribution in [2.24, 2.45) is 0 Å². The van der Waals surface area contributed by atoms with Crippen LogP contribution in [0, 0.1) is 6.92 Å². The van der Waals surface area contributed by atoms with Crippen LogP contribution in [-0.2, 0) is 0 Å². The van der Waals surface area contributed by atoms with Crippen molar-refractivity contribution in [2.75, 3.05) is 24.5 Å². The topological polar surface area (TPSA) is 40.6 Å². The van der Waals surface area contributed by atoms with Crippen LogP contribution in [0.25, 0.3) is 0 Å². The molecule has 1 saturated heterocycles. The summed E-state index contributed by atoms with van der Waals surface area (Å²) in [5, 5.41) is 0. The number of carbonyl (C=O) groups is 2. The quantitative estimate of drug-likeness (QED) is 0.850. The summed E-state index contributed by atoms with van der Waals surface area (Å²) in [4.78, 5) is 28.9. The minimum absolute atomic E-state index is 0.0479. The van der Waals surface area contributed by atoms with Gasteiger partial charge >= 0.3 is 0 Å². The lowest BCUT2D eigenvalue weighted by Gasteiger charge is -2.22. The average molecular weight is 336 g/mol. The van der Waals surface area contributed by atoms with Gasteiger partial charge in [0, 0.05) is 36.4 Å². The van der Waals surface area contributed by atoms with E-state index in [0.717, 1.165) is 37.2 Å². The lowest BCUT2D eigenvalue weighted by molar-refractivity contribution is 0.0792. The number of benzene rings is 2. The highest BCUT2D eigenvalue weighted by Crippen LogP contribution is 2.19. The van der Waals surface area contributed by atoms with Crippen LogP contribution in [0.1, 0.15) is 46.0 Å². The molecule has 2 aromatic rings. The SMILES string of the molecule is CCN(C(=O)c1ccc(C(=O)N2CCCC2)cc1)c1cccc(C)c1. The largest absolute Gasteiger partial charge is 0.339 e. The number of carbonyl (C=O) groups excluding carboxylic acids is 2. The van der Waals surface area contributed by atoms with E-state index in [1.54, 1.807) is 29.2 Å². The maximum atomic E-state index is 12.9. The molecule has 25 heavy (non-hydrogen) atoms. The van der Waals surface area contributed by atoms with Gasteiger partial charge in [0.2, 0.25) is 0 Å². The number of aryl methyl sites for hydroxylation is 1. The molecule has 4 heteroatoms. The Hall–Kier alpha value is -2.62. The minimum atomic E-state index is -0.0479. The first-order chi connectivity index (χ1) is 12.1. The van der Waals surface area contributed by atoms with Gasteiger partial charge in [-0.3, -0.25) is 9.59 Å². The van der Waals surface area contributed by atoms with E-state index in [2.05, 4.69) is 0 Å². The molecule has 0 aliphatic carbocycles. The van der Waals surface area contributed by atoms with Gasteiger partial charge in [0.15, 0.2) is 0 Å². The number of amides is 2. The fourth-order valence-electron chi connectivity index (χ4n) is 3.25. The smallest absolute Gasteiger partial charge is 0.258 e. The van der Waals surface area contributed by atoms with Gasteiger partial charge in [0.25, 0.3) is 11.8 Å². The predicted octanol–water partition coefficient (Wildman–Crippen LogP) is 3.90. The van der Waals surface area contributed by atoms with Crippen LogP contribution < -0.4 is 4.90 Å². The molecule has 4 nitrogen and oxygen atoms in total. The van der Waals surface area contributed by atoms with Crippen molar-refractivity contribution >= 4 is 17.5 Å². The van der Waals surface area contributed by atoms with Crippen LogP contribution in [0.15, 0.2) is 48.5 Å². The second-order valence-corrected chi connectivity index (χ2v) is 6.47. The Morgan fingerprint density at radius 3 is 2.24 bits per heavy atom. The van der Waals surface area contributed by atoms with Crippen molar-refractivity contribution in [1.82, 2.24) is 4.90 Å². The summed E-state index contributed by atoms with van der Waals surface area (Å²) >= 11 is 0. The normalized spacial score (nSPS) is 13.8. The van der Waals surface area contributed by atoms with Crippen molar-refractivity contribution in [1.29, 1.82) is 0 Å². The molecule has 0 unspecified atom stereocenters. The summed E-state index contributed by atoms with van der Waals surface area (Å²) < 4.78 is 0.